The normalized spacial score (nSPS) is 35.9. The molecular weight excluding hydrogens is 364 g/mol. The van der Waals surface area contributed by atoms with Crippen molar-refractivity contribution in [2.24, 2.45) is 11.8 Å². The molecule has 1 aromatic rings. The summed E-state index contributed by atoms with van der Waals surface area (Å²) in [5, 5.41) is 11.0. The molecule has 0 bridgehead atoms. The lowest BCUT2D eigenvalue weighted by Gasteiger charge is -2.50. The van der Waals surface area contributed by atoms with Gasteiger partial charge in [0.15, 0.2) is 0 Å². The van der Waals surface area contributed by atoms with E-state index in [1.54, 1.807) is 0 Å². The Morgan fingerprint density at radius 3 is 2.67 bits per heavy atom. The molecular formula is C19H30N4O3S. The maximum absolute atomic E-state index is 11.9. The van der Waals surface area contributed by atoms with Gasteiger partial charge >= 0.3 is 0 Å². The third-order valence-corrected chi connectivity index (χ3v) is 7.80. The fourth-order valence-corrected chi connectivity index (χ4v) is 5.73. The van der Waals surface area contributed by atoms with E-state index in [4.69, 9.17) is 0 Å². The highest BCUT2D eigenvalue weighted by atomic mass is 32.2. The fourth-order valence-electron chi connectivity index (χ4n) is 4.86. The standard InChI is InChI=1S/C19H30N4O3S/c1-27(25,26)23-10-8-19(24)7-9-22(13-17(19)14-23)12-16-11-20-21-18(16)15-5-3-2-4-6-15/h2-6,16-18,20-21,24H,7-14H2,1H3/t16?,17-,18?,19-/m0/s1. The van der Waals surface area contributed by atoms with Crippen molar-refractivity contribution in [3.8, 4) is 0 Å². The molecule has 0 aromatic heterocycles. The zero-order valence-electron chi connectivity index (χ0n) is 15.8. The van der Waals surface area contributed by atoms with Crippen LogP contribution in [0.15, 0.2) is 30.3 Å². The van der Waals surface area contributed by atoms with Gasteiger partial charge in [-0.15, -0.1) is 0 Å². The number of hydrogen-bond donors (Lipinski definition) is 3. The quantitative estimate of drug-likeness (QED) is 0.675. The number of nitrogens with zero attached hydrogens (tertiary/aromatic N) is 2. The van der Waals surface area contributed by atoms with Gasteiger partial charge < -0.3 is 10.0 Å². The number of hydrogen-bond acceptors (Lipinski definition) is 6. The van der Waals surface area contributed by atoms with Gasteiger partial charge in [0.05, 0.1) is 17.9 Å². The van der Waals surface area contributed by atoms with Gasteiger partial charge in [-0.3, -0.25) is 5.43 Å². The summed E-state index contributed by atoms with van der Waals surface area (Å²) in [4.78, 5) is 2.40. The number of sulfonamides is 1. The Balaban J connectivity index is 1.42. The SMILES string of the molecule is CS(=O)(=O)N1CC[C@@]2(O)CCN(CC3CNNC3c3ccccc3)C[C@H]2C1. The van der Waals surface area contributed by atoms with Crippen LogP contribution < -0.4 is 10.9 Å². The van der Waals surface area contributed by atoms with Crippen molar-refractivity contribution in [2.45, 2.75) is 24.5 Å². The van der Waals surface area contributed by atoms with Gasteiger partial charge in [-0.1, -0.05) is 30.3 Å². The van der Waals surface area contributed by atoms with Crippen LogP contribution in [-0.4, -0.2) is 73.9 Å². The molecule has 2 unspecified atom stereocenters. The number of piperidine rings is 2. The van der Waals surface area contributed by atoms with Crippen LogP contribution in [0.4, 0.5) is 0 Å². The van der Waals surface area contributed by atoms with Gasteiger partial charge in [0.1, 0.15) is 0 Å². The molecule has 4 rings (SSSR count). The average molecular weight is 395 g/mol. The first-order chi connectivity index (χ1) is 12.9. The van der Waals surface area contributed by atoms with E-state index >= 15 is 0 Å². The number of nitrogens with one attached hydrogen (secondary N) is 2. The van der Waals surface area contributed by atoms with Crippen molar-refractivity contribution in [3.63, 3.8) is 0 Å². The molecule has 3 N–H and O–H groups in total. The minimum Gasteiger partial charge on any atom is -0.389 e. The Labute approximate surface area is 161 Å². The Morgan fingerprint density at radius 1 is 1.19 bits per heavy atom. The molecule has 3 aliphatic heterocycles. The van der Waals surface area contributed by atoms with E-state index in [0.29, 0.717) is 25.4 Å². The van der Waals surface area contributed by atoms with Crippen LogP contribution in [0.25, 0.3) is 0 Å². The van der Waals surface area contributed by atoms with Crippen LogP contribution in [0, 0.1) is 11.8 Å². The molecule has 0 saturated carbocycles. The lowest BCUT2D eigenvalue weighted by molar-refractivity contribution is -0.103. The van der Waals surface area contributed by atoms with E-state index in [-0.39, 0.29) is 12.0 Å². The molecule has 0 amide bonds. The lowest BCUT2D eigenvalue weighted by atomic mass is 9.76. The molecule has 4 atom stereocenters. The van der Waals surface area contributed by atoms with Crippen molar-refractivity contribution in [2.75, 3.05) is 45.5 Å². The fraction of sp³-hybridized carbons (Fsp3) is 0.684. The lowest BCUT2D eigenvalue weighted by Crippen LogP contribution is -2.61. The summed E-state index contributed by atoms with van der Waals surface area (Å²) >= 11 is 0. The second-order valence-corrected chi connectivity index (χ2v) is 10.3. The summed E-state index contributed by atoms with van der Waals surface area (Å²) in [7, 11) is -3.20. The summed E-state index contributed by atoms with van der Waals surface area (Å²) in [6, 6.07) is 10.7. The highest BCUT2D eigenvalue weighted by molar-refractivity contribution is 7.88. The zero-order chi connectivity index (χ0) is 19.1. The molecule has 3 heterocycles. The third kappa shape index (κ3) is 4.06. The largest absolute Gasteiger partial charge is 0.389 e. The Kier molecular flexibility index (Phi) is 5.30. The smallest absolute Gasteiger partial charge is 0.211 e. The van der Waals surface area contributed by atoms with Crippen LogP contribution >= 0.6 is 0 Å². The van der Waals surface area contributed by atoms with Crippen molar-refractivity contribution in [1.29, 1.82) is 0 Å². The summed E-state index contributed by atoms with van der Waals surface area (Å²) in [6.45, 7) is 4.31. The van der Waals surface area contributed by atoms with E-state index < -0.39 is 15.6 Å². The van der Waals surface area contributed by atoms with Crippen LogP contribution in [0.3, 0.4) is 0 Å². The van der Waals surface area contributed by atoms with E-state index in [0.717, 1.165) is 32.6 Å². The van der Waals surface area contributed by atoms with Crippen LogP contribution in [0.2, 0.25) is 0 Å². The molecule has 27 heavy (non-hydrogen) atoms. The number of rotatable bonds is 4. The van der Waals surface area contributed by atoms with Crippen molar-refractivity contribution in [1.82, 2.24) is 20.1 Å². The molecule has 7 nitrogen and oxygen atoms in total. The highest BCUT2D eigenvalue weighted by Gasteiger charge is 2.47. The van der Waals surface area contributed by atoms with Crippen molar-refractivity contribution in [3.05, 3.63) is 35.9 Å². The predicted molar refractivity (Wildman–Crippen MR) is 104 cm³/mol. The molecule has 3 fully saturated rings. The highest BCUT2D eigenvalue weighted by Crippen LogP contribution is 2.37. The van der Waals surface area contributed by atoms with Crippen LogP contribution in [0.5, 0.6) is 0 Å². The predicted octanol–water partition coefficient (Wildman–Crippen LogP) is 0.170. The molecule has 0 aliphatic carbocycles. The monoisotopic (exact) mass is 394 g/mol. The molecule has 3 aliphatic rings. The minimum atomic E-state index is -3.20. The topological polar surface area (TPSA) is 84.9 Å². The number of likely N-dealkylation sites (tertiary alicyclic amines) is 1. The van der Waals surface area contributed by atoms with Crippen molar-refractivity contribution >= 4 is 10.0 Å². The van der Waals surface area contributed by atoms with E-state index in [1.165, 1.54) is 16.1 Å². The van der Waals surface area contributed by atoms with Crippen LogP contribution in [0.1, 0.15) is 24.4 Å². The summed E-state index contributed by atoms with van der Waals surface area (Å²) in [5.41, 5.74) is 7.24. The summed E-state index contributed by atoms with van der Waals surface area (Å²) < 4.78 is 25.4. The van der Waals surface area contributed by atoms with E-state index in [9.17, 15) is 13.5 Å². The minimum absolute atomic E-state index is 0.0211. The molecule has 8 heteroatoms. The van der Waals surface area contributed by atoms with Gasteiger partial charge in [-0.05, 0) is 18.4 Å². The number of fused-ring (bicyclic) bond motifs is 1. The molecule has 150 valence electrons. The molecule has 0 spiro atoms. The van der Waals surface area contributed by atoms with Gasteiger partial charge in [0, 0.05) is 51.1 Å². The first kappa shape index (κ1) is 19.3. The Bertz CT molecular complexity index is 759. The second-order valence-electron chi connectivity index (χ2n) is 8.35. The first-order valence-electron chi connectivity index (χ1n) is 9.78. The molecule has 0 radical (unpaired) electrons. The van der Waals surface area contributed by atoms with Gasteiger partial charge in [0.25, 0.3) is 0 Å². The van der Waals surface area contributed by atoms with Crippen molar-refractivity contribution < 1.29 is 13.5 Å². The number of benzene rings is 1. The Morgan fingerprint density at radius 2 is 1.93 bits per heavy atom. The van der Waals surface area contributed by atoms with Gasteiger partial charge in [-0.25, -0.2) is 18.1 Å². The Hall–Kier alpha value is -1.03. The first-order valence-corrected chi connectivity index (χ1v) is 11.6. The number of hydrazine groups is 1. The molecule has 3 saturated heterocycles. The average Bonchev–Trinajstić information content (AvgIpc) is 3.09. The number of aliphatic hydroxyl groups is 1. The van der Waals surface area contributed by atoms with E-state index in [1.807, 2.05) is 6.07 Å². The second kappa shape index (κ2) is 7.42. The zero-order valence-corrected chi connectivity index (χ0v) is 16.7. The summed E-state index contributed by atoms with van der Waals surface area (Å²) in [6.07, 6.45) is 2.52. The molecule has 1 aromatic carbocycles. The van der Waals surface area contributed by atoms with Gasteiger partial charge in [0.2, 0.25) is 10.0 Å². The van der Waals surface area contributed by atoms with Crippen LogP contribution in [-0.2, 0) is 10.0 Å². The summed E-state index contributed by atoms with van der Waals surface area (Å²) in [5.74, 6) is 0.417. The maximum Gasteiger partial charge on any atom is 0.211 e. The van der Waals surface area contributed by atoms with Gasteiger partial charge in [-0.2, -0.15) is 0 Å². The third-order valence-electron chi connectivity index (χ3n) is 6.53. The maximum atomic E-state index is 11.9. The van der Waals surface area contributed by atoms with E-state index in [2.05, 4.69) is 40.0 Å².